The number of nitrogens with one attached hydrogen (secondary N) is 1. The summed E-state index contributed by atoms with van der Waals surface area (Å²) in [6.07, 6.45) is 3.24. The number of pyridine rings is 1. The van der Waals surface area contributed by atoms with E-state index in [4.69, 9.17) is 4.74 Å². The van der Waals surface area contributed by atoms with E-state index in [2.05, 4.69) is 26.9 Å². The lowest BCUT2D eigenvalue weighted by atomic mass is 9.95. The van der Waals surface area contributed by atoms with Crippen molar-refractivity contribution >= 4 is 50.1 Å². The predicted octanol–water partition coefficient (Wildman–Crippen LogP) is 3.44. The largest absolute Gasteiger partial charge is 0.426 e. The molecule has 0 bridgehead atoms. The Hall–Kier alpha value is -5.97. The van der Waals surface area contributed by atoms with Gasteiger partial charge in [-0.25, -0.2) is 0 Å². The molecule has 1 aliphatic rings. The molecule has 0 aliphatic carbocycles. The Morgan fingerprint density at radius 3 is 2.24 bits per heavy atom. The van der Waals surface area contributed by atoms with Crippen LogP contribution in [0.5, 0.6) is 5.75 Å². The number of aromatic nitrogens is 1. The van der Waals surface area contributed by atoms with E-state index in [1.165, 1.54) is 41.7 Å². The topological polar surface area (TPSA) is 210 Å². The van der Waals surface area contributed by atoms with Gasteiger partial charge in [0.1, 0.15) is 24.9 Å². The van der Waals surface area contributed by atoms with Gasteiger partial charge in [-0.2, -0.15) is 0 Å². The van der Waals surface area contributed by atoms with Gasteiger partial charge in [0, 0.05) is 18.9 Å². The first kappa shape index (κ1) is 31.5. The Morgan fingerprint density at radius 2 is 1.63 bits per heavy atom. The average Bonchev–Trinajstić information content (AvgIpc) is 3.54. The van der Waals surface area contributed by atoms with Gasteiger partial charge in [0.2, 0.25) is 5.91 Å². The second-order valence-electron chi connectivity index (χ2n) is 9.86. The van der Waals surface area contributed by atoms with Gasteiger partial charge in [-0.3, -0.25) is 29.1 Å². The lowest BCUT2D eigenvalue weighted by Crippen LogP contribution is -2.38. The second-order valence-corrected chi connectivity index (χ2v) is 10.9. The molecular weight excluding hydrogens is 626 g/mol. The van der Waals surface area contributed by atoms with Crippen molar-refractivity contribution in [3.05, 3.63) is 116 Å². The third kappa shape index (κ3) is 6.88. The molecule has 1 unspecified atom stereocenters. The fraction of sp³-hybridized carbons (Fsp3) is 0.172. The molecule has 1 N–H and O–H groups in total. The third-order valence-corrected chi connectivity index (χ3v) is 7.93. The number of fused-ring (bicyclic) bond motifs is 2. The summed E-state index contributed by atoms with van der Waals surface area (Å²) in [5.74, 6) is -5.92. The van der Waals surface area contributed by atoms with E-state index in [-0.39, 0.29) is 34.5 Å². The zero-order valence-corrected chi connectivity index (χ0v) is 24.3. The highest BCUT2D eigenvalue weighted by Crippen LogP contribution is 2.33. The maximum Gasteiger partial charge on any atom is 0.318 e. The van der Waals surface area contributed by atoms with Gasteiger partial charge in [-0.05, 0) is 53.8 Å². The van der Waals surface area contributed by atoms with Crippen molar-refractivity contribution in [2.24, 2.45) is 5.92 Å². The van der Waals surface area contributed by atoms with Gasteiger partial charge in [-0.15, -0.1) is 31.6 Å². The Balaban J connectivity index is 1.45. The number of esters is 1. The van der Waals surface area contributed by atoms with Crippen molar-refractivity contribution in [3.8, 4) is 5.75 Å². The van der Waals surface area contributed by atoms with Crippen LogP contribution < -0.4 is 10.1 Å². The van der Waals surface area contributed by atoms with Crippen LogP contribution in [0.1, 0.15) is 37.8 Å². The summed E-state index contributed by atoms with van der Waals surface area (Å²) in [7, 11) is 0. The SMILES string of the molecule is [CH2]c1ccc(C(CN2C(=O)c3ccccc3C2=O)C(=O)Nc2cc3ccncc3s2)cc1OC(=O)C(CO[N+](=O)[O-])CO[N+](=O)[O-]. The highest BCUT2D eigenvalue weighted by atomic mass is 32.1. The lowest BCUT2D eigenvalue weighted by molar-refractivity contribution is -0.767. The molecule has 3 heterocycles. The minimum absolute atomic E-state index is 0.151. The molecule has 0 saturated carbocycles. The molecule has 0 fully saturated rings. The van der Waals surface area contributed by atoms with Crippen LogP contribution in [-0.2, 0) is 19.3 Å². The molecule has 17 heteroatoms. The summed E-state index contributed by atoms with van der Waals surface area (Å²) in [6, 6.07) is 14.0. The number of nitrogens with zero attached hydrogens (tertiary/aromatic N) is 4. The van der Waals surface area contributed by atoms with Gasteiger partial charge >= 0.3 is 5.97 Å². The zero-order valence-electron chi connectivity index (χ0n) is 23.5. The van der Waals surface area contributed by atoms with Gasteiger partial charge in [0.05, 0.1) is 26.7 Å². The van der Waals surface area contributed by atoms with Crippen LogP contribution in [0.4, 0.5) is 5.00 Å². The molecule has 1 aliphatic heterocycles. The van der Waals surface area contributed by atoms with Crippen molar-refractivity contribution in [2.45, 2.75) is 5.92 Å². The quantitative estimate of drug-likeness (QED) is 0.0726. The lowest BCUT2D eigenvalue weighted by Gasteiger charge is -2.23. The van der Waals surface area contributed by atoms with Gasteiger partial charge in [0.15, 0.2) is 0 Å². The summed E-state index contributed by atoms with van der Waals surface area (Å²) in [6.45, 7) is 1.61. The van der Waals surface area contributed by atoms with Crippen LogP contribution in [0.2, 0.25) is 0 Å². The Labute approximate surface area is 262 Å². The highest BCUT2D eigenvalue weighted by Gasteiger charge is 2.38. The van der Waals surface area contributed by atoms with Crippen LogP contribution in [0, 0.1) is 33.1 Å². The number of amides is 3. The molecule has 16 nitrogen and oxygen atoms in total. The summed E-state index contributed by atoms with van der Waals surface area (Å²) >= 11 is 1.26. The van der Waals surface area contributed by atoms with Crippen molar-refractivity contribution in [3.63, 3.8) is 0 Å². The minimum Gasteiger partial charge on any atom is -0.426 e. The van der Waals surface area contributed by atoms with Crippen molar-refractivity contribution in [2.75, 3.05) is 25.1 Å². The molecular formula is C29H22N5O11S. The molecule has 1 radical (unpaired) electrons. The highest BCUT2D eigenvalue weighted by molar-refractivity contribution is 7.22. The van der Waals surface area contributed by atoms with Crippen molar-refractivity contribution < 1.29 is 43.8 Å². The first-order chi connectivity index (χ1) is 22.0. The van der Waals surface area contributed by atoms with E-state index in [0.717, 1.165) is 15.0 Å². The van der Waals surface area contributed by atoms with Crippen LogP contribution in [0.25, 0.3) is 10.1 Å². The molecule has 4 aromatic rings. The molecule has 3 amide bonds. The van der Waals surface area contributed by atoms with Crippen molar-refractivity contribution in [1.29, 1.82) is 0 Å². The number of carbonyl (C=O) groups is 4. The summed E-state index contributed by atoms with van der Waals surface area (Å²) in [5.41, 5.74) is 0.738. The second kappa shape index (κ2) is 13.3. The maximum atomic E-state index is 13.8. The number of benzene rings is 2. The smallest absolute Gasteiger partial charge is 0.318 e. The molecule has 5 rings (SSSR count). The number of anilines is 1. The summed E-state index contributed by atoms with van der Waals surface area (Å²) in [5, 5.41) is 23.1. The minimum atomic E-state index is -1.58. The number of rotatable bonds is 13. The van der Waals surface area contributed by atoms with E-state index in [1.54, 1.807) is 36.7 Å². The zero-order chi connectivity index (χ0) is 33.0. The normalized spacial score (nSPS) is 13.0. The van der Waals surface area contributed by atoms with E-state index >= 15 is 0 Å². The molecule has 235 valence electrons. The average molecular weight is 649 g/mol. The first-order valence-electron chi connectivity index (χ1n) is 13.3. The Bertz CT molecular complexity index is 1790. The number of thiophene rings is 1. The number of ether oxygens (including phenoxy) is 1. The number of hydrogen-bond acceptors (Lipinski definition) is 13. The van der Waals surface area contributed by atoms with Gasteiger partial charge in [-0.1, -0.05) is 24.3 Å². The van der Waals surface area contributed by atoms with E-state index in [9.17, 15) is 39.4 Å². The number of hydrogen-bond donors (Lipinski definition) is 1. The molecule has 2 aromatic carbocycles. The monoisotopic (exact) mass is 648 g/mol. The standard InChI is InChI=1S/C29H22N5O11S/c1-16-6-7-17(10-23(16)45-29(38)19(14-43-33(39)40)15-44-34(41)42)22(13-32-27(36)20-4-2-3-5-21(20)28(32)37)26(35)31-25-11-18-8-9-30-12-24(18)46-25/h2-12,19,22H,1,13-15H2,(H,31,35). The summed E-state index contributed by atoms with van der Waals surface area (Å²) in [4.78, 5) is 87.9. The van der Waals surface area contributed by atoms with Crippen molar-refractivity contribution in [1.82, 2.24) is 9.88 Å². The van der Waals surface area contributed by atoms with Crippen LogP contribution in [-0.4, -0.2) is 63.5 Å². The third-order valence-electron chi connectivity index (χ3n) is 6.93. The van der Waals surface area contributed by atoms with Crippen LogP contribution in [0.3, 0.4) is 0 Å². The Morgan fingerprint density at radius 1 is 0.978 bits per heavy atom. The number of imide groups is 1. The predicted molar refractivity (Wildman–Crippen MR) is 159 cm³/mol. The first-order valence-corrected chi connectivity index (χ1v) is 14.1. The molecule has 1 atom stereocenters. The van der Waals surface area contributed by atoms with Crippen LogP contribution in [0.15, 0.2) is 67.0 Å². The number of carbonyl (C=O) groups excluding carboxylic acids is 4. The van der Waals surface area contributed by atoms with Crippen LogP contribution >= 0.6 is 11.3 Å². The van der Waals surface area contributed by atoms with E-state index < -0.39 is 58.9 Å². The molecule has 2 aromatic heterocycles. The Kier molecular flexibility index (Phi) is 9.13. The van der Waals surface area contributed by atoms with Gasteiger partial charge in [0.25, 0.3) is 22.0 Å². The molecule has 0 spiro atoms. The van der Waals surface area contributed by atoms with Gasteiger partial charge < -0.3 is 19.7 Å². The molecule has 0 saturated heterocycles. The maximum absolute atomic E-state index is 13.8. The molecule has 46 heavy (non-hydrogen) atoms. The van der Waals surface area contributed by atoms with E-state index in [1.807, 2.05) is 0 Å². The fourth-order valence-corrected chi connectivity index (χ4v) is 5.58. The fourth-order valence-electron chi connectivity index (χ4n) is 4.64. The summed E-state index contributed by atoms with van der Waals surface area (Å²) < 4.78 is 6.18. The van der Waals surface area contributed by atoms with E-state index in [0.29, 0.717) is 5.00 Å².